The van der Waals surface area contributed by atoms with Crippen LogP contribution in [-0.4, -0.2) is 0 Å². The number of nitrogen functional groups attached to an aromatic ring is 1. The molecule has 0 bridgehead atoms. The van der Waals surface area contributed by atoms with Crippen LogP contribution in [0.3, 0.4) is 0 Å². The van der Waals surface area contributed by atoms with Crippen molar-refractivity contribution < 1.29 is 0 Å². The normalized spacial score (nSPS) is 10.6. The first-order valence-corrected chi connectivity index (χ1v) is 7.30. The molecule has 1 nitrogen and oxygen atoms in total. The minimum Gasteiger partial charge on any atom is -0.399 e. The topological polar surface area (TPSA) is 26.0 Å². The number of rotatable bonds is 3. The summed E-state index contributed by atoms with van der Waals surface area (Å²) in [4.78, 5) is 0.974. The van der Waals surface area contributed by atoms with Crippen LogP contribution in [0.25, 0.3) is 0 Å². The molecular weight excluding hydrogens is 309 g/mol. The first kappa shape index (κ1) is 13.9. The van der Waals surface area contributed by atoms with Gasteiger partial charge in [0.1, 0.15) is 0 Å². The molecule has 0 saturated carbocycles. The fraction of sp³-hybridized carbons (Fsp3) is 0.0769. The molecule has 2 N–H and O–H groups in total. The van der Waals surface area contributed by atoms with Crippen LogP contribution in [0.15, 0.2) is 41.3 Å². The van der Waals surface area contributed by atoms with Gasteiger partial charge in [-0.3, -0.25) is 0 Å². The second kappa shape index (κ2) is 6.07. The van der Waals surface area contributed by atoms with Crippen LogP contribution in [0.4, 0.5) is 5.69 Å². The molecule has 0 aliphatic carbocycles. The molecule has 94 valence electrons. The van der Waals surface area contributed by atoms with E-state index in [0.717, 1.165) is 10.5 Å². The second-order valence-corrected chi connectivity index (χ2v) is 5.90. The molecular formula is C13H10Cl3NS. The van der Waals surface area contributed by atoms with Gasteiger partial charge in [-0.05, 0) is 29.8 Å². The van der Waals surface area contributed by atoms with Crippen LogP contribution < -0.4 is 5.73 Å². The summed E-state index contributed by atoms with van der Waals surface area (Å²) in [5, 5.41) is 1.81. The quantitative estimate of drug-likeness (QED) is 0.595. The zero-order valence-corrected chi connectivity index (χ0v) is 12.4. The maximum absolute atomic E-state index is 6.13. The minimum absolute atomic E-state index is 0.568. The lowest BCUT2D eigenvalue weighted by molar-refractivity contribution is 1.38. The molecule has 0 spiro atoms. The molecule has 0 unspecified atom stereocenters. The van der Waals surface area contributed by atoms with Gasteiger partial charge in [0.05, 0.1) is 15.1 Å². The van der Waals surface area contributed by atoms with Gasteiger partial charge in [-0.2, -0.15) is 0 Å². The Bertz CT molecular complexity index is 572. The summed E-state index contributed by atoms with van der Waals surface area (Å²) in [7, 11) is 0. The molecule has 0 heterocycles. The van der Waals surface area contributed by atoms with Crippen molar-refractivity contribution in [2.75, 3.05) is 5.73 Å². The summed E-state index contributed by atoms with van der Waals surface area (Å²) in [6.07, 6.45) is 0. The van der Waals surface area contributed by atoms with E-state index in [2.05, 4.69) is 0 Å². The summed E-state index contributed by atoms with van der Waals surface area (Å²) in [5.41, 5.74) is 7.29. The van der Waals surface area contributed by atoms with Gasteiger partial charge in [0.15, 0.2) is 0 Å². The Kier molecular flexibility index (Phi) is 4.68. The van der Waals surface area contributed by atoms with Crippen LogP contribution in [0, 0.1) is 0 Å². The number of hydrogen-bond donors (Lipinski definition) is 1. The Morgan fingerprint density at radius 2 is 1.78 bits per heavy atom. The molecule has 2 aromatic carbocycles. The third-order valence-corrected chi connectivity index (χ3v) is 4.78. The van der Waals surface area contributed by atoms with Gasteiger partial charge in [0, 0.05) is 16.3 Å². The molecule has 18 heavy (non-hydrogen) atoms. The molecule has 0 aromatic heterocycles. The van der Waals surface area contributed by atoms with Crippen LogP contribution in [0.5, 0.6) is 0 Å². The lowest BCUT2D eigenvalue weighted by Gasteiger charge is -2.07. The molecule has 0 aliphatic rings. The number of benzene rings is 2. The van der Waals surface area contributed by atoms with Gasteiger partial charge < -0.3 is 5.73 Å². The van der Waals surface area contributed by atoms with Crippen molar-refractivity contribution in [2.24, 2.45) is 0 Å². The predicted molar refractivity (Wildman–Crippen MR) is 81.9 cm³/mol. The first-order chi connectivity index (χ1) is 8.58. The van der Waals surface area contributed by atoms with E-state index < -0.39 is 0 Å². The molecule has 0 saturated heterocycles. The largest absolute Gasteiger partial charge is 0.399 e. The predicted octanol–water partition coefficient (Wildman–Crippen LogP) is 5.52. The van der Waals surface area contributed by atoms with Gasteiger partial charge in [-0.1, -0.05) is 46.9 Å². The Morgan fingerprint density at radius 3 is 2.50 bits per heavy atom. The smallest absolute Gasteiger partial charge is 0.0632 e. The molecule has 0 amide bonds. The standard InChI is InChI=1S/C13H10Cl3NS/c14-10-3-1-2-8(13(10)16)7-18-12-5-4-9(17)6-11(12)15/h1-6H,7,17H2. The highest BCUT2D eigenvalue weighted by molar-refractivity contribution is 7.98. The minimum atomic E-state index is 0.568. The number of nitrogens with two attached hydrogens (primary N) is 1. The molecule has 2 rings (SSSR count). The molecule has 0 aliphatic heterocycles. The molecule has 5 heteroatoms. The van der Waals surface area contributed by atoms with Gasteiger partial charge in [-0.15, -0.1) is 11.8 Å². The second-order valence-electron chi connectivity index (χ2n) is 3.69. The van der Waals surface area contributed by atoms with Crippen molar-refractivity contribution in [3.63, 3.8) is 0 Å². The van der Waals surface area contributed by atoms with E-state index in [-0.39, 0.29) is 0 Å². The van der Waals surface area contributed by atoms with E-state index in [1.54, 1.807) is 23.9 Å². The average molecular weight is 319 g/mol. The Hall–Kier alpha value is -0.540. The summed E-state index contributed by atoms with van der Waals surface area (Å²) in [6.45, 7) is 0. The zero-order chi connectivity index (χ0) is 13.1. The van der Waals surface area contributed by atoms with E-state index in [0.29, 0.717) is 26.5 Å². The molecule has 0 fully saturated rings. The van der Waals surface area contributed by atoms with Crippen molar-refractivity contribution in [1.29, 1.82) is 0 Å². The van der Waals surface area contributed by atoms with Gasteiger partial charge in [0.2, 0.25) is 0 Å². The van der Waals surface area contributed by atoms with Crippen molar-refractivity contribution in [3.8, 4) is 0 Å². The first-order valence-electron chi connectivity index (χ1n) is 5.18. The highest BCUT2D eigenvalue weighted by Crippen LogP contribution is 2.34. The fourth-order valence-electron chi connectivity index (χ4n) is 1.45. The number of anilines is 1. The highest BCUT2D eigenvalue weighted by atomic mass is 35.5. The van der Waals surface area contributed by atoms with Crippen LogP contribution in [-0.2, 0) is 5.75 Å². The van der Waals surface area contributed by atoms with Crippen molar-refractivity contribution in [3.05, 3.63) is 57.0 Å². The molecule has 0 atom stereocenters. The van der Waals surface area contributed by atoms with E-state index >= 15 is 0 Å². The maximum Gasteiger partial charge on any atom is 0.0632 e. The summed E-state index contributed by atoms with van der Waals surface area (Å²) in [6, 6.07) is 11.1. The monoisotopic (exact) mass is 317 g/mol. The number of thioether (sulfide) groups is 1. The van der Waals surface area contributed by atoms with E-state index in [1.807, 2.05) is 24.3 Å². The highest BCUT2D eigenvalue weighted by Gasteiger charge is 2.07. The van der Waals surface area contributed by atoms with E-state index in [9.17, 15) is 0 Å². The third kappa shape index (κ3) is 3.27. The van der Waals surface area contributed by atoms with Crippen LogP contribution in [0.2, 0.25) is 15.1 Å². The summed E-state index contributed by atoms with van der Waals surface area (Å²) >= 11 is 19.8. The average Bonchev–Trinajstić information content (AvgIpc) is 2.33. The SMILES string of the molecule is Nc1ccc(SCc2cccc(Cl)c2Cl)c(Cl)c1. The number of hydrogen-bond acceptors (Lipinski definition) is 2. The Balaban J connectivity index is 2.14. The lowest BCUT2D eigenvalue weighted by Crippen LogP contribution is -1.86. The molecule has 0 radical (unpaired) electrons. The zero-order valence-electron chi connectivity index (χ0n) is 9.29. The van der Waals surface area contributed by atoms with E-state index in [4.69, 9.17) is 40.5 Å². The summed E-state index contributed by atoms with van der Waals surface area (Å²) < 4.78 is 0. The fourth-order valence-corrected chi connectivity index (χ4v) is 3.18. The van der Waals surface area contributed by atoms with E-state index in [1.165, 1.54) is 0 Å². The van der Waals surface area contributed by atoms with Crippen molar-refractivity contribution >= 4 is 52.3 Å². The van der Waals surface area contributed by atoms with Crippen LogP contribution >= 0.6 is 46.6 Å². The van der Waals surface area contributed by atoms with Crippen LogP contribution in [0.1, 0.15) is 5.56 Å². The van der Waals surface area contributed by atoms with Crippen molar-refractivity contribution in [2.45, 2.75) is 10.6 Å². The van der Waals surface area contributed by atoms with Gasteiger partial charge >= 0.3 is 0 Å². The number of halogens is 3. The summed E-state index contributed by atoms with van der Waals surface area (Å²) in [5.74, 6) is 0.711. The maximum atomic E-state index is 6.13. The Morgan fingerprint density at radius 1 is 1.00 bits per heavy atom. The van der Waals surface area contributed by atoms with Crippen molar-refractivity contribution in [1.82, 2.24) is 0 Å². The Labute approximate surface area is 125 Å². The van der Waals surface area contributed by atoms with Gasteiger partial charge in [-0.25, -0.2) is 0 Å². The molecule has 2 aromatic rings. The lowest BCUT2D eigenvalue weighted by atomic mass is 10.2. The third-order valence-electron chi connectivity index (χ3n) is 2.37. The van der Waals surface area contributed by atoms with Gasteiger partial charge in [0.25, 0.3) is 0 Å².